The monoisotopic (exact) mass is 231 g/mol. The van der Waals surface area contributed by atoms with Crippen LogP contribution in [0.3, 0.4) is 0 Å². The van der Waals surface area contributed by atoms with E-state index < -0.39 is 0 Å². The molecule has 1 aromatic rings. The highest BCUT2D eigenvalue weighted by Crippen LogP contribution is 2.41. The topological polar surface area (TPSA) is 12.4 Å². The molecule has 2 aliphatic rings. The average Bonchev–Trinajstić information content (AvgIpc) is 2.76. The summed E-state index contributed by atoms with van der Waals surface area (Å²) in [6.45, 7) is 0. The fourth-order valence-corrected chi connectivity index (χ4v) is 3.73. The molecule has 1 nitrogen and oxygen atoms in total. The Kier molecular flexibility index (Phi) is 2.55. The molecule has 0 aromatic heterocycles. The first kappa shape index (κ1) is 10.4. The maximum Gasteiger partial charge on any atom is 0.0983 e. The molecule has 0 amide bonds. The van der Waals surface area contributed by atoms with Gasteiger partial charge in [-0.15, -0.1) is 11.8 Å². The van der Waals surface area contributed by atoms with E-state index in [1.165, 1.54) is 41.9 Å². The third-order valence-corrected chi connectivity index (χ3v) is 4.53. The summed E-state index contributed by atoms with van der Waals surface area (Å²) in [7, 11) is 0. The number of thioether (sulfide) groups is 1. The highest BCUT2D eigenvalue weighted by molar-refractivity contribution is 8.13. The molecule has 84 valence electrons. The van der Waals surface area contributed by atoms with Gasteiger partial charge < -0.3 is 0 Å². The highest BCUT2D eigenvalue weighted by Gasteiger charge is 2.37. The van der Waals surface area contributed by atoms with Crippen molar-refractivity contribution >= 4 is 16.8 Å². The van der Waals surface area contributed by atoms with Gasteiger partial charge in [-0.25, -0.2) is 0 Å². The van der Waals surface area contributed by atoms with Crippen molar-refractivity contribution in [3.8, 4) is 0 Å². The number of hydrogen-bond donors (Lipinski definition) is 0. The smallest absolute Gasteiger partial charge is 0.0983 e. The predicted molar refractivity (Wildman–Crippen MR) is 71.4 cm³/mol. The Morgan fingerprint density at radius 3 is 2.69 bits per heavy atom. The van der Waals surface area contributed by atoms with Gasteiger partial charge in [0.25, 0.3) is 0 Å². The highest BCUT2D eigenvalue weighted by atomic mass is 32.2. The zero-order chi connectivity index (χ0) is 11.0. The minimum Gasteiger partial charge on any atom is -0.271 e. The Bertz CT molecular complexity index is 430. The van der Waals surface area contributed by atoms with Crippen molar-refractivity contribution < 1.29 is 0 Å². The number of aliphatic imine (C=N–C) groups is 1. The molecule has 16 heavy (non-hydrogen) atoms. The molecule has 3 rings (SSSR count). The summed E-state index contributed by atoms with van der Waals surface area (Å²) in [5, 5.41) is 1.25. The molecule has 0 saturated heterocycles. The first-order valence-electron chi connectivity index (χ1n) is 6.05. The molecule has 0 bridgehead atoms. The van der Waals surface area contributed by atoms with E-state index in [4.69, 9.17) is 4.99 Å². The molecular formula is C14H17NS. The zero-order valence-electron chi connectivity index (χ0n) is 9.70. The largest absolute Gasteiger partial charge is 0.271 e. The normalized spacial score (nSPS) is 21.9. The van der Waals surface area contributed by atoms with Gasteiger partial charge in [-0.3, -0.25) is 4.99 Å². The van der Waals surface area contributed by atoms with Gasteiger partial charge in [0, 0.05) is 5.56 Å². The van der Waals surface area contributed by atoms with Gasteiger partial charge in [0.05, 0.1) is 10.6 Å². The lowest BCUT2D eigenvalue weighted by Crippen LogP contribution is -2.31. The summed E-state index contributed by atoms with van der Waals surface area (Å²) >= 11 is 1.80. The lowest BCUT2D eigenvalue weighted by Gasteiger charge is -2.31. The Morgan fingerprint density at radius 1 is 1.19 bits per heavy atom. The van der Waals surface area contributed by atoms with Crippen molar-refractivity contribution in [2.24, 2.45) is 4.99 Å². The van der Waals surface area contributed by atoms with E-state index in [9.17, 15) is 0 Å². The number of rotatable bonds is 0. The van der Waals surface area contributed by atoms with Crippen LogP contribution in [0.1, 0.15) is 36.8 Å². The molecule has 1 aliphatic carbocycles. The van der Waals surface area contributed by atoms with E-state index in [-0.39, 0.29) is 5.54 Å². The Morgan fingerprint density at radius 2 is 1.94 bits per heavy atom. The van der Waals surface area contributed by atoms with Crippen LogP contribution in [0, 0.1) is 0 Å². The van der Waals surface area contributed by atoms with Gasteiger partial charge in [-0.2, -0.15) is 0 Å². The molecule has 1 saturated carbocycles. The molecule has 0 atom stereocenters. The summed E-state index contributed by atoms with van der Waals surface area (Å²) in [5.74, 6) is 0. The predicted octanol–water partition coefficient (Wildman–Crippen LogP) is 3.67. The minimum atomic E-state index is 0.257. The summed E-state index contributed by atoms with van der Waals surface area (Å²) < 4.78 is 0. The minimum absolute atomic E-state index is 0.257. The fourth-order valence-electron chi connectivity index (χ4n) is 3.03. The summed E-state index contributed by atoms with van der Waals surface area (Å²) in [6, 6.07) is 8.77. The second kappa shape index (κ2) is 3.92. The lowest BCUT2D eigenvalue weighted by atomic mass is 9.85. The Balaban J connectivity index is 2.08. The third kappa shape index (κ3) is 1.60. The van der Waals surface area contributed by atoms with Gasteiger partial charge in [-0.05, 0) is 31.1 Å². The molecule has 0 unspecified atom stereocenters. The van der Waals surface area contributed by atoms with E-state index in [0.29, 0.717) is 0 Å². The zero-order valence-corrected chi connectivity index (χ0v) is 10.5. The first-order valence-corrected chi connectivity index (χ1v) is 7.28. The van der Waals surface area contributed by atoms with Crippen molar-refractivity contribution in [3.63, 3.8) is 0 Å². The number of benzene rings is 1. The van der Waals surface area contributed by atoms with Crippen LogP contribution in [0.5, 0.6) is 0 Å². The number of nitrogens with zero attached hydrogens (tertiary/aromatic N) is 1. The van der Waals surface area contributed by atoms with E-state index in [1.807, 2.05) is 0 Å². The van der Waals surface area contributed by atoms with Crippen molar-refractivity contribution in [1.82, 2.24) is 0 Å². The summed E-state index contributed by atoms with van der Waals surface area (Å²) in [6.07, 6.45) is 8.58. The molecule has 1 aromatic carbocycles. The second-order valence-electron chi connectivity index (χ2n) is 4.89. The molecule has 1 spiro atoms. The fraction of sp³-hybridized carbons (Fsp3) is 0.500. The third-order valence-electron chi connectivity index (χ3n) is 3.83. The van der Waals surface area contributed by atoms with Crippen molar-refractivity contribution in [2.45, 2.75) is 37.6 Å². The van der Waals surface area contributed by atoms with Crippen LogP contribution in [-0.2, 0) is 6.42 Å². The van der Waals surface area contributed by atoms with Crippen molar-refractivity contribution in [3.05, 3.63) is 35.4 Å². The SMILES string of the molecule is CSC1=NC2(CCCC2)Cc2ccccc21. The van der Waals surface area contributed by atoms with Gasteiger partial charge in [0.2, 0.25) is 0 Å². The van der Waals surface area contributed by atoms with Crippen LogP contribution in [0.25, 0.3) is 0 Å². The first-order chi connectivity index (χ1) is 7.83. The maximum absolute atomic E-state index is 5.05. The van der Waals surface area contributed by atoms with Crippen molar-refractivity contribution in [1.29, 1.82) is 0 Å². The second-order valence-corrected chi connectivity index (χ2v) is 5.68. The standard InChI is InChI=1S/C14H17NS/c1-16-13-12-7-3-2-6-11(12)10-14(15-13)8-4-5-9-14/h2-3,6-7H,4-5,8-10H2,1H3. The van der Waals surface area contributed by atoms with Gasteiger partial charge in [-0.1, -0.05) is 37.1 Å². The summed E-state index contributed by atoms with van der Waals surface area (Å²) in [4.78, 5) is 5.05. The van der Waals surface area contributed by atoms with Crippen molar-refractivity contribution in [2.75, 3.05) is 6.26 Å². The van der Waals surface area contributed by atoms with E-state index in [2.05, 4.69) is 30.5 Å². The summed E-state index contributed by atoms with van der Waals surface area (Å²) in [5.41, 5.74) is 3.13. The Labute approximate surface area is 101 Å². The van der Waals surface area contributed by atoms with Crippen LogP contribution < -0.4 is 0 Å². The molecule has 0 radical (unpaired) electrons. The van der Waals surface area contributed by atoms with Crippen LogP contribution in [0.4, 0.5) is 0 Å². The maximum atomic E-state index is 5.05. The average molecular weight is 231 g/mol. The molecule has 1 heterocycles. The number of fused-ring (bicyclic) bond motifs is 1. The van der Waals surface area contributed by atoms with E-state index in [0.717, 1.165) is 6.42 Å². The van der Waals surface area contributed by atoms with Crippen LogP contribution in [0.15, 0.2) is 29.3 Å². The van der Waals surface area contributed by atoms with Crippen LogP contribution in [0.2, 0.25) is 0 Å². The molecular weight excluding hydrogens is 214 g/mol. The molecule has 1 fully saturated rings. The van der Waals surface area contributed by atoms with E-state index >= 15 is 0 Å². The van der Waals surface area contributed by atoms with Crippen LogP contribution >= 0.6 is 11.8 Å². The van der Waals surface area contributed by atoms with Gasteiger partial charge in [0.15, 0.2) is 0 Å². The van der Waals surface area contributed by atoms with E-state index in [1.54, 1.807) is 11.8 Å². The lowest BCUT2D eigenvalue weighted by molar-refractivity contribution is 0.436. The van der Waals surface area contributed by atoms with Crippen LogP contribution in [-0.4, -0.2) is 16.8 Å². The molecule has 2 heteroatoms. The number of hydrogen-bond acceptors (Lipinski definition) is 2. The van der Waals surface area contributed by atoms with Gasteiger partial charge in [0.1, 0.15) is 0 Å². The quantitative estimate of drug-likeness (QED) is 0.663. The van der Waals surface area contributed by atoms with Gasteiger partial charge >= 0.3 is 0 Å². The molecule has 0 N–H and O–H groups in total. The Hall–Kier alpha value is -0.760. The molecule has 1 aliphatic heterocycles.